The molecule has 1 fully saturated rings. The number of alkyl halides is 1. The molecule has 0 N–H and O–H groups in total. The van der Waals surface area contributed by atoms with E-state index in [-0.39, 0.29) is 30.4 Å². The van der Waals surface area contributed by atoms with Crippen LogP contribution in [0.5, 0.6) is 0 Å². The van der Waals surface area contributed by atoms with Gasteiger partial charge in [0.05, 0.1) is 24.1 Å². The van der Waals surface area contributed by atoms with Crippen LogP contribution < -0.4 is 5.69 Å². The van der Waals surface area contributed by atoms with E-state index in [1.165, 1.54) is 27.7 Å². The number of halogens is 2. The van der Waals surface area contributed by atoms with E-state index < -0.39 is 28.9 Å². The molecule has 11 heteroatoms. The van der Waals surface area contributed by atoms with E-state index in [2.05, 4.69) is 10.1 Å². The standard InChI is InChI=1S/C19H21F2N5O4/c1-5-25-12-7-6-11(20)8-13(12)26(16(25)27)15-22-14(30-23-15)19(21)9-24(10-19)17(28)29-18(2,3)4/h6-8H,5,9-10H2,1-4H3. The van der Waals surface area contributed by atoms with Crippen molar-refractivity contribution in [1.29, 1.82) is 0 Å². The fourth-order valence-electron chi connectivity index (χ4n) is 3.37. The van der Waals surface area contributed by atoms with Gasteiger partial charge in [0.25, 0.3) is 11.8 Å². The number of aryl methyl sites for hydroxylation is 1. The molecule has 0 bridgehead atoms. The Morgan fingerprint density at radius 3 is 2.63 bits per heavy atom. The van der Waals surface area contributed by atoms with Crippen LogP contribution in [0.25, 0.3) is 17.0 Å². The molecule has 0 atom stereocenters. The number of carbonyl (C=O) groups is 1. The number of amides is 1. The number of fused-ring (bicyclic) bond motifs is 1. The zero-order chi connectivity index (χ0) is 21.8. The van der Waals surface area contributed by atoms with Gasteiger partial charge in [0.1, 0.15) is 11.4 Å². The molecule has 3 aromatic rings. The van der Waals surface area contributed by atoms with E-state index in [9.17, 15) is 14.0 Å². The van der Waals surface area contributed by atoms with Gasteiger partial charge in [-0.2, -0.15) is 4.98 Å². The summed E-state index contributed by atoms with van der Waals surface area (Å²) in [5.74, 6) is -1.11. The average molecular weight is 421 g/mol. The highest BCUT2D eigenvalue weighted by Crippen LogP contribution is 2.36. The van der Waals surface area contributed by atoms with E-state index in [0.717, 1.165) is 4.57 Å². The first-order valence-electron chi connectivity index (χ1n) is 9.44. The number of carbonyl (C=O) groups excluding carboxylic acids is 1. The lowest BCUT2D eigenvalue weighted by Crippen LogP contribution is -2.59. The third-order valence-corrected chi connectivity index (χ3v) is 4.74. The molecular formula is C19H21F2N5O4. The van der Waals surface area contributed by atoms with Crippen LogP contribution in [-0.4, -0.2) is 49.0 Å². The van der Waals surface area contributed by atoms with Crippen LogP contribution in [0, 0.1) is 5.82 Å². The number of hydrogen-bond acceptors (Lipinski definition) is 6. The second kappa shape index (κ2) is 6.64. The van der Waals surface area contributed by atoms with E-state index in [4.69, 9.17) is 9.26 Å². The largest absolute Gasteiger partial charge is 0.444 e. The Balaban J connectivity index is 1.63. The number of aromatic nitrogens is 4. The van der Waals surface area contributed by atoms with Crippen molar-refractivity contribution in [3.8, 4) is 5.95 Å². The summed E-state index contributed by atoms with van der Waals surface area (Å²) in [5.41, 5.74) is -2.52. The zero-order valence-electron chi connectivity index (χ0n) is 17.0. The van der Waals surface area contributed by atoms with Crippen LogP contribution in [-0.2, 0) is 17.0 Å². The molecule has 0 spiro atoms. The molecule has 0 radical (unpaired) electrons. The third-order valence-electron chi connectivity index (χ3n) is 4.74. The summed E-state index contributed by atoms with van der Waals surface area (Å²) >= 11 is 0. The number of hydrogen-bond donors (Lipinski definition) is 0. The minimum Gasteiger partial charge on any atom is -0.444 e. The van der Waals surface area contributed by atoms with Gasteiger partial charge in [0.15, 0.2) is 0 Å². The molecule has 1 aliphatic heterocycles. The van der Waals surface area contributed by atoms with Crippen LogP contribution in [0.2, 0.25) is 0 Å². The summed E-state index contributed by atoms with van der Waals surface area (Å²) in [6.07, 6.45) is -0.645. The van der Waals surface area contributed by atoms with Crippen molar-refractivity contribution >= 4 is 17.1 Å². The lowest BCUT2D eigenvalue weighted by Gasteiger charge is -2.41. The van der Waals surface area contributed by atoms with Gasteiger partial charge in [-0.05, 0) is 45.0 Å². The van der Waals surface area contributed by atoms with Crippen molar-refractivity contribution in [3.63, 3.8) is 0 Å². The Kier molecular flexibility index (Phi) is 4.44. The number of imidazole rings is 1. The monoisotopic (exact) mass is 421 g/mol. The van der Waals surface area contributed by atoms with Crippen molar-refractivity contribution in [3.05, 3.63) is 40.4 Å². The van der Waals surface area contributed by atoms with Crippen molar-refractivity contribution in [1.82, 2.24) is 24.2 Å². The van der Waals surface area contributed by atoms with Gasteiger partial charge in [-0.1, -0.05) is 0 Å². The molecule has 2 aromatic heterocycles. The molecule has 30 heavy (non-hydrogen) atoms. The molecule has 1 aliphatic rings. The Bertz CT molecular complexity index is 1180. The highest BCUT2D eigenvalue weighted by atomic mass is 19.1. The molecule has 0 unspecified atom stereocenters. The van der Waals surface area contributed by atoms with Gasteiger partial charge in [0.2, 0.25) is 5.67 Å². The lowest BCUT2D eigenvalue weighted by atomic mass is 9.97. The predicted octanol–water partition coefficient (Wildman–Crippen LogP) is 2.75. The van der Waals surface area contributed by atoms with E-state index in [1.54, 1.807) is 27.7 Å². The quantitative estimate of drug-likeness (QED) is 0.645. The number of benzene rings is 1. The second-order valence-electron chi connectivity index (χ2n) is 8.20. The van der Waals surface area contributed by atoms with Gasteiger partial charge in [-0.3, -0.25) is 4.57 Å². The number of rotatable bonds is 3. The van der Waals surface area contributed by atoms with Crippen LogP contribution in [0.4, 0.5) is 13.6 Å². The van der Waals surface area contributed by atoms with E-state index in [0.29, 0.717) is 12.1 Å². The summed E-state index contributed by atoms with van der Waals surface area (Å²) in [4.78, 5) is 30.0. The van der Waals surface area contributed by atoms with Gasteiger partial charge in [-0.25, -0.2) is 22.9 Å². The van der Waals surface area contributed by atoms with Crippen molar-refractivity contribution in [2.24, 2.45) is 0 Å². The lowest BCUT2D eigenvalue weighted by molar-refractivity contribution is -0.0676. The molecule has 1 amide bonds. The highest BCUT2D eigenvalue weighted by molar-refractivity contribution is 5.77. The molecule has 3 heterocycles. The molecule has 0 aliphatic carbocycles. The maximum absolute atomic E-state index is 15.2. The van der Waals surface area contributed by atoms with E-state index >= 15 is 4.39 Å². The summed E-state index contributed by atoms with van der Waals surface area (Å²) in [7, 11) is 0. The van der Waals surface area contributed by atoms with Gasteiger partial charge < -0.3 is 14.2 Å². The maximum Gasteiger partial charge on any atom is 0.410 e. The average Bonchev–Trinajstić information content (AvgIpc) is 3.19. The van der Waals surface area contributed by atoms with Gasteiger partial charge in [-0.15, -0.1) is 0 Å². The minimum absolute atomic E-state index is 0.203. The van der Waals surface area contributed by atoms with Gasteiger partial charge in [0, 0.05) is 12.6 Å². The minimum atomic E-state index is -2.06. The number of ether oxygens (including phenoxy) is 1. The summed E-state index contributed by atoms with van der Waals surface area (Å²) in [6.45, 7) is 6.62. The first-order valence-corrected chi connectivity index (χ1v) is 9.44. The number of likely N-dealkylation sites (tertiary alicyclic amines) is 1. The Hall–Kier alpha value is -3.24. The summed E-state index contributed by atoms with van der Waals surface area (Å²) in [5, 5.41) is 3.72. The molecule has 160 valence electrons. The summed E-state index contributed by atoms with van der Waals surface area (Å²) < 4.78 is 41.7. The van der Waals surface area contributed by atoms with Crippen LogP contribution in [0.15, 0.2) is 27.5 Å². The van der Waals surface area contributed by atoms with Crippen LogP contribution >= 0.6 is 0 Å². The topological polar surface area (TPSA) is 95.4 Å². The second-order valence-corrected chi connectivity index (χ2v) is 8.20. The molecule has 4 rings (SSSR count). The maximum atomic E-state index is 15.2. The zero-order valence-corrected chi connectivity index (χ0v) is 17.0. The molecular weight excluding hydrogens is 400 g/mol. The molecule has 0 saturated carbocycles. The SMILES string of the molecule is CCn1c(=O)n(-c2noc(C3(F)CN(C(=O)OC(C)(C)C)C3)n2)c2cc(F)ccc21. The molecule has 9 nitrogen and oxygen atoms in total. The third kappa shape index (κ3) is 3.23. The molecule has 1 aromatic carbocycles. The fraction of sp³-hybridized carbons (Fsp3) is 0.474. The van der Waals surface area contributed by atoms with Crippen molar-refractivity contribution in [2.75, 3.05) is 13.1 Å². The smallest absolute Gasteiger partial charge is 0.410 e. The predicted molar refractivity (Wildman–Crippen MR) is 102 cm³/mol. The van der Waals surface area contributed by atoms with Gasteiger partial charge >= 0.3 is 11.8 Å². The Morgan fingerprint density at radius 1 is 1.30 bits per heavy atom. The normalized spacial score (nSPS) is 16.0. The number of nitrogens with zero attached hydrogens (tertiary/aromatic N) is 5. The van der Waals surface area contributed by atoms with Crippen LogP contribution in [0.3, 0.4) is 0 Å². The van der Waals surface area contributed by atoms with Crippen molar-refractivity contribution < 1.29 is 22.8 Å². The Morgan fingerprint density at radius 2 is 2.00 bits per heavy atom. The van der Waals surface area contributed by atoms with Crippen LogP contribution in [0.1, 0.15) is 33.6 Å². The molecule has 1 saturated heterocycles. The summed E-state index contributed by atoms with van der Waals surface area (Å²) in [6, 6.07) is 3.90. The Labute approximate surface area is 169 Å². The first kappa shape index (κ1) is 20.0. The highest BCUT2D eigenvalue weighted by Gasteiger charge is 2.53. The van der Waals surface area contributed by atoms with E-state index in [1.807, 2.05) is 0 Å². The first-order chi connectivity index (χ1) is 14.0. The fourth-order valence-corrected chi connectivity index (χ4v) is 3.37. The van der Waals surface area contributed by atoms with Crippen molar-refractivity contribution in [2.45, 2.75) is 45.5 Å².